The Hall–Kier alpha value is -1.83. The van der Waals surface area contributed by atoms with Crippen LogP contribution < -0.4 is 4.74 Å². The molecule has 0 saturated heterocycles. The van der Waals surface area contributed by atoms with Gasteiger partial charge in [0.25, 0.3) is 0 Å². The van der Waals surface area contributed by atoms with E-state index >= 15 is 0 Å². The molecule has 2 rings (SSSR count). The molecule has 0 radical (unpaired) electrons. The maximum Gasteiger partial charge on any atom is 0.124 e. The molecular formula is C17H20O2. The van der Waals surface area contributed by atoms with E-state index in [1.54, 1.807) is 0 Å². The predicted molar refractivity (Wildman–Crippen MR) is 78.7 cm³/mol. The van der Waals surface area contributed by atoms with Gasteiger partial charge < -0.3 is 9.53 Å². The second kappa shape index (κ2) is 6.93. The van der Waals surface area contributed by atoms with Gasteiger partial charge in [0.15, 0.2) is 0 Å². The summed E-state index contributed by atoms with van der Waals surface area (Å²) in [6.45, 7) is 2.94. The minimum atomic E-state index is 0.455. The van der Waals surface area contributed by atoms with Crippen molar-refractivity contribution in [2.45, 2.75) is 32.6 Å². The molecule has 2 heteroatoms. The second-order valence-corrected chi connectivity index (χ2v) is 4.73. The molecule has 0 aliphatic carbocycles. The van der Waals surface area contributed by atoms with Crippen molar-refractivity contribution >= 4 is 17.1 Å². The van der Waals surface area contributed by atoms with Crippen LogP contribution in [0.3, 0.4) is 0 Å². The fourth-order valence-electron chi connectivity index (χ4n) is 2.22. The topological polar surface area (TPSA) is 26.3 Å². The lowest BCUT2D eigenvalue weighted by Crippen LogP contribution is -1.97. The van der Waals surface area contributed by atoms with Crippen molar-refractivity contribution in [1.29, 1.82) is 0 Å². The zero-order chi connectivity index (χ0) is 13.5. The molecule has 0 heterocycles. The van der Waals surface area contributed by atoms with Gasteiger partial charge in [-0.15, -0.1) is 0 Å². The lowest BCUT2D eigenvalue weighted by atomic mass is 10.0. The summed E-state index contributed by atoms with van der Waals surface area (Å²) in [6.07, 6.45) is 4.89. The Morgan fingerprint density at radius 3 is 2.84 bits per heavy atom. The van der Waals surface area contributed by atoms with Crippen LogP contribution in [0.5, 0.6) is 5.75 Å². The first-order valence-electron chi connectivity index (χ1n) is 6.93. The van der Waals surface area contributed by atoms with Crippen molar-refractivity contribution in [1.82, 2.24) is 0 Å². The van der Waals surface area contributed by atoms with Gasteiger partial charge in [-0.3, -0.25) is 0 Å². The van der Waals surface area contributed by atoms with Crippen LogP contribution in [0.25, 0.3) is 10.8 Å². The quantitative estimate of drug-likeness (QED) is 0.549. The van der Waals surface area contributed by atoms with E-state index in [0.29, 0.717) is 6.42 Å². The van der Waals surface area contributed by atoms with E-state index < -0.39 is 0 Å². The van der Waals surface area contributed by atoms with Crippen molar-refractivity contribution in [3.63, 3.8) is 0 Å². The molecule has 0 atom stereocenters. The molecule has 0 aliphatic rings. The molecule has 0 fully saturated rings. The van der Waals surface area contributed by atoms with Crippen LogP contribution in [0.15, 0.2) is 36.4 Å². The number of carbonyl (C=O) groups is 1. The summed E-state index contributed by atoms with van der Waals surface area (Å²) in [4.78, 5) is 10.7. The summed E-state index contributed by atoms with van der Waals surface area (Å²) >= 11 is 0. The SMILES string of the molecule is CCCCCOc1ccc2cccc(CC=O)c2c1. The van der Waals surface area contributed by atoms with Crippen LogP contribution in [0.2, 0.25) is 0 Å². The average Bonchev–Trinajstić information content (AvgIpc) is 2.44. The highest BCUT2D eigenvalue weighted by Gasteiger charge is 2.02. The number of fused-ring (bicyclic) bond motifs is 1. The van der Waals surface area contributed by atoms with Gasteiger partial charge in [0, 0.05) is 6.42 Å². The molecular weight excluding hydrogens is 236 g/mol. The molecule has 0 saturated carbocycles. The van der Waals surface area contributed by atoms with Crippen molar-refractivity contribution < 1.29 is 9.53 Å². The smallest absolute Gasteiger partial charge is 0.124 e. The average molecular weight is 256 g/mol. The van der Waals surface area contributed by atoms with Crippen LogP contribution in [0.4, 0.5) is 0 Å². The molecule has 0 unspecified atom stereocenters. The Morgan fingerprint density at radius 2 is 2.05 bits per heavy atom. The molecule has 0 aromatic heterocycles. The molecule has 0 bridgehead atoms. The molecule has 2 aromatic carbocycles. The summed E-state index contributed by atoms with van der Waals surface area (Å²) in [5.74, 6) is 0.891. The highest BCUT2D eigenvalue weighted by molar-refractivity contribution is 5.88. The minimum Gasteiger partial charge on any atom is -0.494 e. The summed E-state index contributed by atoms with van der Waals surface area (Å²) in [5.41, 5.74) is 1.06. The maximum atomic E-state index is 10.7. The molecule has 100 valence electrons. The van der Waals surface area contributed by atoms with Crippen LogP contribution in [-0.2, 0) is 11.2 Å². The standard InChI is InChI=1S/C17H20O2/c1-2-3-4-12-19-16-9-8-14-6-5-7-15(10-11-18)17(14)13-16/h5-9,11,13H,2-4,10,12H2,1H3. The van der Waals surface area contributed by atoms with E-state index in [0.717, 1.165) is 41.4 Å². The van der Waals surface area contributed by atoms with Crippen LogP contribution in [-0.4, -0.2) is 12.9 Å². The highest BCUT2D eigenvalue weighted by atomic mass is 16.5. The van der Waals surface area contributed by atoms with Crippen molar-refractivity contribution in [3.05, 3.63) is 42.0 Å². The van der Waals surface area contributed by atoms with Crippen LogP contribution in [0.1, 0.15) is 31.7 Å². The number of rotatable bonds is 7. The zero-order valence-corrected chi connectivity index (χ0v) is 11.4. The maximum absolute atomic E-state index is 10.7. The monoisotopic (exact) mass is 256 g/mol. The first kappa shape index (κ1) is 13.6. The fraction of sp³-hybridized carbons (Fsp3) is 0.353. The van der Waals surface area contributed by atoms with E-state index in [1.807, 2.05) is 24.3 Å². The number of aldehydes is 1. The van der Waals surface area contributed by atoms with E-state index in [1.165, 1.54) is 12.8 Å². The predicted octanol–water partition coefficient (Wildman–Crippen LogP) is 4.15. The van der Waals surface area contributed by atoms with Gasteiger partial charge in [0.2, 0.25) is 0 Å². The number of hydrogen-bond acceptors (Lipinski definition) is 2. The third kappa shape index (κ3) is 3.57. The van der Waals surface area contributed by atoms with Crippen molar-refractivity contribution in [3.8, 4) is 5.75 Å². The Balaban J connectivity index is 2.18. The molecule has 2 nitrogen and oxygen atoms in total. The van der Waals surface area contributed by atoms with Gasteiger partial charge in [-0.25, -0.2) is 0 Å². The fourth-order valence-corrected chi connectivity index (χ4v) is 2.22. The summed E-state index contributed by atoms with van der Waals surface area (Å²) in [6, 6.07) is 12.1. The largest absolute Gasteiger partial charge is 0.494 e. The number of carbonyl (C=O) groups excluding carboxylic acids is 1. The van der Waals surface area contributed by atoms with Gasteiger partial charge in [0.1, 0.15) is 12.0 Å². The number of benzene rings is 2. The van der Waals surface area contributed by atoms with Gasteiger partial charge in [-0.05, 0) is 34.9 Å². The summed E-state index contributed by atoms with van der Waals surface area (Å²) in [5, 5.41) is 2.27. The van der Waals surface area contributed by atoms with Crippen LogP contribution in [0, 0.1) is 0 Å². The van der Waals surface area contributed by atoms with Gasteiger partial charge in [0.05, 0.1) is 6.61 Å². The van der Waals surface area contributed by atoms with Gasteiger partial charge >= 0.3 is 0 Å². The van der Waals surface area contributed by atoms with Crippen molar-refractivity contribution in [2.24, 2.45) is 0 Å². The lowest BCUT2D eigenvalue weighted by Gasteiger charge is -2.09. The van der Waals surface area contributed by atoms with E-state index in [4.69, 9.17) is 4.74 Å². The normalized spacial score (nSPS) is 10.6. The van der Waals surface area contributed by atoms with E-state index in [2.05, 4.69) is 19.1 Å². The molecule has 0 aliphatic heterocycles. The molecule has 0 N–H and O–H groups in total. The third-order valence-electron chi connectivity index (χ3n) is 3.26. The molecule has 19 heavy (non-hydrogen) atoms. The Morgan fingerprint density at radius 1 is 1.16 bits per heavy atom. The molecule has 0 amide bonds. The molecule has 2 aromatic rings. The van der Waals surface area contributed by atoms with E-state index in [-0.39, 0.29) is 0 Å². The lowest BCUT2D eigenvalue weighted by molar-refractivity contribution is -0.107. The Bertz CT molecular complexity index is 546. The molecule has 0 spiro atoms. The van der Waals surface area contributed by atoms with Gasteiger partial charge in [-0.2, -0.15) is 0 Å². The Kier molecular flexibility index (Phi) is 4.96. The second-order valence-electron chi connectivity index (χ2n) is 4.73. The first-order valence-corrected chi connectivity index (χ1v) is 6.93. The summed E-state index contributed by atoms with van der Waals surface area (Å²) in [7, 11) is 0. The number of hydrogen-bond donors (Lipinski definition) is 0. The highest BCUT2D eigenvalue weighted by Crippen LogP contribution is 2.24. The third-order valence-corrected chi connectivity index (χ3v) is 3.26. The number of unbranched alkanes of at least 4 members (excludes halogenated alkanes) is 2. The van der Waals surface area contributed by atoms with E-state index in [9.17, 15) is 4.79 Å². The van der Waals surface area contributed by atoms with Gasteiger partial charge in [-0.1, -0.05) is 44.0 Å². The zero-order valence-electron chi connectivity index (χ0n) is 11.4. The summed E-state index contributed by atoms with van der Waals surface area (Å²) < 4.78 is 5.76. The Labute approximate surface area is 114 Å². The van der Waals surface area contributed by atoms with Crippen molar-refractivity contribution in [2.75, 3.05) is 6.61 Å². The number of ether oxygens (including phenoxy) is 1. The first-order chi connectivity index (χ1) is 9.35. The minimum absolute atomic E-state index is 0.455. The van der Waals surface area contributed by atoms with Crippen LogP contribution >= 0.6 is 0 Å².